The summed E-state index contributed by atoms with van der Waals surface area (Å²) >= 11 is 0. The summed E-state index contributed by atoms with van der Waals surface area (Å²) in [6.45, 7) is 3.98. The Morgan fingerprint density at radius 2 is 1.62 bits per heavy atom. The number of nitro benzene ring substituents is 1. The molecular formula is C17H18N2O4S. The van der Waals surface area contributed by atoms with Crippen molar-refractivity contribution in [1.82, 2.24) is 4.31 Å². The molecule has 1 fully saturated rings. The first-order chi connectivity index (χ1) is 11.3. The van der Waals surface area contributed by atoms with Gasteiger partial charge in [0.2, 0.25) is 10.0 Å². The first-order valence-electron chi connectivity index (χ1n) is 7.67. The number of hydrogen-bond donors (Lipinski definition) is 0. The Bertz CT molecular complexity index is 848. The lowest BCUT2D eigenvalue weighted by Crippen LogP contribution is -2.17. The highest BCUT2D eigenvalue weighted by molar-refractivity contribution is 7.89. The normalized spacial score (nSPS) is 23.2. The zero-order chi connectivity index (χ0) is 17.5. The summed E-state index contributed by atoms with van der Waals surface area (Å²) in [7, 11) is -3.69. The third-order valence-corrected chi connectivity index (χ3v) is 6.14. The maximum atomic E-state index is 12.9. The number of non-ortho nitro benzene ring substituents is 1. The minimum Gasteiger partial charge on any atom is -0.258 e. The van der Waals surface area contributed by atoms with Crippen molar-refractivity contribution in [3.63, 3.8) is 0 Å². The predicted molar refractivity (Wildman–Crippen MR) is 89.9 cm³/mol. The molecule has 0 N–H and O–H groups in total. The van der Waals surface area contributed by atoms with Crippen molar-refractivity contribution < 1.29 is 13.3 Å². The van der Waals surface area contributed by atoms with Gasteiger partial charge in [-0.1, -0.05) is 44.2 Å². The molecule has 0 aromatic heterocycles. The number of sulfonamides is 1. The van der Waals surface area contributed by atoms with Gasteiger partial charge in [0.05, 0.1) is 15.9 Å². The van der Waals surface area contributed by atoms with Gasteiger partial charge < -0.3 is 0 Å². The van der Waals surface area contributed by atoms with E-state index in [0.717, 1.165) is 5.56 Å². The number of benzene rings is 2. The highest BCUT2D eigenvalue weighted by Gasteiger charge is 2.57. The largest absolute Gasteiger partial charge is 0.269 e. The Balaban J connectivity index is 1.95. The second kappa shape index (κ2) is 5.99. The van der Waals surface area contributed by atoms with Gasteiger partial charge in [-0.25, -0.2) is 8.42 Å². The van der Waals surface area contributed by atoms with Gasteiger partial charge in [-0.2, -0.15) is 4.31 Å². The molecule has 0 radical (unpaired) electrons. The second-order valence-corrected chi connectivity index (χ2v) is 8.02. The lowest BCUT2D eigenvalue weighted by atomic mass is 10.0. The van der Waals surface area contributed by atoms with Crippen LogP contribution < -0.4 is 0 Å². The van der Waals surface area contributed by atoms with Gasteiger partial charge in [0.25, 0.3) is 5.69 Å². The van der Waals surface area contributed by atoms with E-state index in [9.17, 15) is 18.5 Å². The minimum atomic E-state index is -3.69. The molecule has 1 aliphatic heterocycles. The molecule has 3 unspecified atom stereocenters. The molecule has 126 valence electrons. The molecule has 2 aromatic carbocycles. The molecule has 0 aliphatic carbocycles. The van der Waals surface area contributed by atoms with Crippen LogP contribution in [0.1, 0.15) is 25.5 Å². The van der Waals surface area contributed by atoms with E-state index >= 15 is 0 Å². The maximum absolute atomic E-state index is 12.9. The second-order valence-electron chi connectivity index (χ2n) is 6.18. The summed E-state index contributed by atoms with van der Waals surface area (Å²) in [6.07, 6.45) is 0. The average molecular weight is 346 g/mol. The van der Waals surface area contributed by atoms with Crippen LogP contribution in [0.25, 0.3) is 0 Å². The molecule has 2 aromatic rings. The van der Waals surface area contributed by atoms with Gasteiger partial charge >= 0.3 is 0 Å². The van der Waals surface area contributed by atoms with E-state index in [-0.39, 0.29) is 28.6 Å². The fourth-order valence-electron chi connectivity index (χ4n) is 3.05. The van der Waals surface area contributed by atoms with E-state index < -0.39 is 14.9 Å². The lowest BCUT2D eigenvalue weighted by molar-refractivity contribution is -0.384. The van der Waals surface area contributed by atoms with Gasteiger partial charge in [-0.05, 0) is 23.6 Å². The van der Waals surface area contributed by atoms with E-state index in [1.165, 1.54) is 28.6 Å². The quantitative estimate of drug-likeness (QED) is 0.472. The Labute approximate surface area is 140 Å². The third kappa shape index (κ3) is 2.81. The highest BCUT2D eigenvalue weighted by Crippen LogP contribution is 2.50. The summed E-state index contributed by atoms with van der Waals surface area (Å²) in [5.74, 6) is 0.169. The Morgan fingerprint density at radius 3 is 2.12 bits per heavy atom. The smallest absolute Gasteiger partial charge is 0.258 e. The van der Waals surface area contributed by atoms with E-state index in [1.54, 1.807) is 0 Å². The molecule has 0 amide bonds. The molecule has 24 heavy (non-hydrogen) atoms. The maximum Gasteiger partial charge on any atom is 0.269 e. The lowest BCUT2D eigenvalue weighted by Gasteiger charge is -2.08. The fraction of sp³-hybridized carbons (Fsp3) is 0.294. The Hall–Kier alpha value is -2.25. The molecule has 1 aliphatic rings. The Morgan fingerprint density at radius 1 is 1.04 bits per heavy atom. The van der Waals surface area contributed by atoms with Crippen LogP contribution in [0.15, 0.2) is 59.5 Å². The van der Waals surface area contributed by atoms with Crippen molar-refractivity contribution in [2.75, 3.05) is 0 Å². The first-order valence-corrected chi connectivity index (χ1v) is 9.11. The van der Waals surface area contributed by atoms with E-state index in [1.807, 2.05) is 44.2 Å². The average Bonchev–Trinajstić information content (AvgIpc) is 3.32. The monoisotopic (exact) mass is 346 g/mol. The topological polar surface area (TPSA) is 80.3 Å². The van der Waals surface area contributed by atoms with Crippen molar-refractivity contribution in [3.05, 3.63) is 70.3 Å². The zero-order valence-corrected chi connectivity index (χ0v) is 14.2. The van der Waals surface area contributed by atoms with Gasteiger partial charge in [0.1, 0.15) is 0 Å². The van der Waals surface area contributed by atoms with Crippen LogP contribution >= 0.6 is 0 Å². The molecule has 0 bridgehead atoms. The van der Waals surface area contributed by atoms with E-state index in [2.05, 4.69) is 0 Å². The van der Waals surface area contributed by atoms with Crippen molar-refractivity contribution in [3.8, 4) is 0 Å². The summed E-state index contributed by atoms with van der Waals surface area (Å²) in [5, 5.41) is 10.7. The van der Waals surface area contributed by atoms with Gasteiger partial charge in [0, 0.05) is 18.2 Å². The minimum absolute atomic E-state index is 0.0807. The molecule has 3 rings (SSSR count). The Kier molecular flexibility index (Phi) is 4.15. The highest BCUT2D eigenvalue weighted by atomic mass is 32.2. The van der Waals surface area contributed by atoms with Gasteiger partial charge in [-0.3, -0.25) is 10.1 Å². The molecule has 6 nitrogen and oxygen atoms in total. The van der Waals surface area contributed by atoms with Crippen LogP contribution in [0.4, 0.5) is 5.69 Å². The predicted octanol–water partition coefficient (Wildman–Crippen LogP) is 3.37. The van der Waals surface area contributed by atoms with Crippen molar-refractivity contribution >= 4 is 15.7 Å². The van der Waals surface area contributed by atoms with E-state index in [0.29, 0.717) is 0 Å². The number of hydrogen-bond acceptors (Lipinski definition) is 4. The van der Waals surface area contributed by atoms with Gasteiger partial charge in [-0.15, -0.1) is 0 Å². The van der Waals surface area contributed by atoms with Crippen LogP contribution in [0.3, 0.4) is 0 Å². The van der Waals surface area contributed by atoms with E-state index in [4.69, 9.17) is 0 Å². The molecular weight excluding hydrogens is 328 g/mol. The van der Waals surface area contributed by atoms with Crippen LogP contribution in [0, 0.1) is 16.0 Å². The summed E-state index contributed by atoms with van der Waals surface area (Å²) in [5.41, 5.74) is 0.835. The molecule has 0 spiro atoms. The zero-order valence-electron chi connectivity index (χ0n) is 13.4. The van der Waals surface area contributed by atoms with Crippen LogP contribution in [-0.2, 0) is 10.0 Å². The van der Waals surface area contributed by atoms with Crippen LogP contribution in [0.2, 0.25) is 0 Å². The van der Waals surface area contributed by atoms with Crippen LogP contribution in [-0.4, -0.2) is 23.7 Å². The van der Waals surface area contributed by atoms with Crippen molar-refractivity contribution in [1.29, 1.82) is 0 Å². The fourth-order valence-corrected chi connectivity index (χ4v) is 4.95. The summed E-state index contributed by atoms with van der Waals surface area (Å²) in [4.78, 5) is 10.3. The number of nitrogens with zero attached hydrogens (tertiary/aromatic N) is 2. The first kappa shape index (κ1) is 16.6. The summed E-state index contributed by atoms with van der Waals surface area (Å²) < 4.78 is 27.4. The molecule has 7 heteroatoms. The number of nitro groups is 1. The SMILES string of the molecule is CC(C)C1C(c2ccccc2)N1S(=O)(=O)c1ccc([N+](=O)[O-])cc1. The van der Waals surface area contributed by atoms with Crippen molar-refractivity contribution in [2.45, 2.75) is 30.8 Å². The van der Waals surface area contributed by atoms with Gasteiger partial charge in [0.15, 0.2) is 0 Å². The van der Waals surface area contributed by atoms with Crippen molar-refractivity contribution in [2.24, 2.45) is 5.92 Å². The molecule has 0 saturated carbocycles. The molecule has 1 heterocycles. The molecule has 1 saturated heterocycles. The standard InChI is InChI=1S/C17H18N2O4S/c1-12(2)16-17(13-6-4-3-5-7-13)18(16)24(22,23)15-10-8-14(9-11-15)19(20)21/h3-12,16-17H,1-2H3. The number of rotatable bonds is 5. The van der Waals surface area contributed by atoms with Crippen LogP contribution in [0.5, 0.6) is 0 Å². The third-order valence-electron chi connectivity index (χ3n) is 4.25. The summed E-state index contributed by atoms with van der Waals surface area (Å²) in [6, 6.07) is 14.3. The molecule has 3 atom stereocenters.